The molecule has 0 bridgehead atoms. The molecule has 3 rings (SSSR count). The molecule has 26 heavy (non-hydrogen) atoms. The zero-order chi connectivity index (χ0) is 18.5. The number of fused-ring (bicyclic) bond motifs is 1. The van der Waals surface area contributed by atoms with Gasteiger partial charge in [0.1, 0.15) is 18.2 Å². The third-order valence-corrected chi connectivity index (χ3v) is 3.62. The first kappa shape index (κ1) is 16.7. The van der Waals surface area contributed by atoms with E-state index < -0.39 is 18.3 Å². The number of H-pyrrole nitrogens is 1. The van der Waals surface area contributed by atoms with E-state index in [0.29, 0.717) is 11.1 Å². The van der Waals surface area contributed by atoms with Gasteiger partial charge < -0.3 is 14.8 Å². The zero-order valence-electron chi connectivity index (χ0n) is 13.4. The van der Waals surface area contributed by atoms with Gasteiger partial charge in [-0.2, -0.15) is 10.5 Å². The molecule has 0 saturated carbocycles. The second-order valence-corrected chi connectivity index (χ2v) is 5.30. The van der Waals surface area contributed by atoms with Crippen LogP contribution in [0.15, 0.2) is 54.3 Å². The van der Waals surface area contributed by atoms with Crippen LogP contribution < -0.4 is 0 Å². The van der Waals surface area contributed by atoms with E-state index in [1.54, 1.807) is 12.1 Å². The van der Waals surface area contributed by atoms with Crippen LogP contribution in [-0.2, 0) is 4.74 Å². The van der Waals surface area contributed by atoms with Crippen LogP contribution in [0.2, 0.25) is 0 Å². The maximum Gasteiger partial charge on any atom is 0.338 e. The number of hydrogen-bond donors (Lipinski definition) is 2. The van der Waals surface area contributed by atoms with Crippen LogP contribution in [0.25, 0.3) is 16.6 Å². The first-order valence-corrected chi connectivity index (χ1v) is 7.57. The fraction of sp³-hybridized carbons (Fsp3) is 0.0526. The van der Waals surface area contributed by atoms with E-state index in [0.717, 1.165) is 5.52 Å². The lowest BCUT2D eigenvalue weighted by Crippen LogP contribution is -2.09. The number of ether oxygens (including phenoxy) is 1. The number of aromatic amines is 1. The van der Waals surface area contributed by atoms with Crippen molar-refractivity contribution in [3.05, 3.63) is 71.2 Å². The van der Waals surface area contributed by atoms with Gasteiger partial charge in [0.05, 0.1) is 28.2 Å². The number of imidazole rings is 1. The van der Waals surface area contributed by atoms with Crippen molar-refractivity contribution < 1.29 is 14.6 Å². The summed E-state index contributed by atoms with van der Waals surface area (Å²) in [6, 6.07) is 16.9. The van der Waals surface area contributed by atoms with Gasteiger partial charge in [-0.25, -0.2) is 9.78 Å². The first-order valence-electron chi connectivity index (χ1n) is 7.57. The highest BCUT2D eigenvalue weighted by molar-refractivity contribution is 5.90. The standard InChI is InChI=1S/C19H12N4O3/c20-9-12-5-7-13(8-6-12)19(25)26-11-17(24)14(10-21)18-22-15-3-1-2-4-16(15)23-18/h1-8,24H,11H2,(H,22,23)/b17-14-. The first-order chi connectivity index (χ1) is 12.6. The molecule has 0 fully saturated rings. The molecule has 0 aliphatic heterocycles. The van der Waals surface area contributed by atoms with Crippen molar-refractivity contribution in [2.45, 2.75) is 0 Å². The number of nitrogens with zero attached hydrogens (tertiary/aromatic N) is 3. The number of nitriles is 2. The van der Waals surface area contributed by atoms with Crippen LogP contribution in [0.1, 0.15) is 21.7 Å². The normalized spacial score (nSPS) is 11.3. The molecule has 7 nitrogen and oxygen atoms in total. The van der Waals surface area contributed by atoms with E-state index in [2.05, 4.69) is 9.97 Å². The molecule has 0 atom stereocenters. The number of carbonyl (C=O) groups excluding carboxylic acids is 1. The van der Waals surface area contributed by atoms with Crippen molar-refractivity contribution in [1.82, 2.24) is 9.97 Å². The molecular weight excluding hydrogens is 332 g/mol. The molecular formula is C19H12N4O3. The highest BCUT2D eigenvalue weighted by Gasteiger charge is 2.15. The maximum absolute atomic E-state index is 12.0. The molecule has 0 aliphatic rings. The summed E-state index contributed by atoms with van der Waals surface area (Å²) in [4.78, 5) is 19.2. The topological polar surface area (TPSA) is 123 Å². The molecule has 0 spiro atoms. The van der Waals surface area contributed by atoms with Crippen molar-refractivity contribution in [3.8, 4) is 12.1 Å². The van der Waals surface area contributed by atoms with Gasteiger partial charge >= 0.3 is 5.97 Å². The number of carbonyl (C=O) groups is 1. The van der Waals surface area contributed by atoms with Gasteiger partial charge in [-0.05, 0) is 36.4 Å². The monoisotopic (exact) mass is 344 g/mol. The van der Waals surface area contributed by atoms with Crippen molar-refractivity contribution >= 4 is 22.6 Å². The number of aliphatic hydroxyl groups is 1. The molecule has 2 N–H and O–H groups in total. The lowest BCUT2D eigenvalue weighted by Gasteiger charge is -2.05. The molecule has 0 saturated heterocycles. The summed E-state index contributed by atoms with van der Waals surface area (Å²) in [5, 5.41) is 28.2. The fourth-order valence-corrected chi connectivity index (χ4v) is 2.30. The minimum absolute atomic E-state index is 0.103. The summed E-state index contributed by atoms with van der Waals surface area (Å²) in [7, 11) is 0. The largest absolute Gasteiger partial charge is 0.507 e. The van der Waals surface area contributed by atoms with Crippen LogP contribution in [0.3, 0.4) is 0 Å². The Morgan fingerprint density at radius 1 is 1.15 bits per heavy atom. The van der Waals surface area contributed by atoms with E-state index in [-0.39, 0.29) is 17.0 Å². The summed E-state index contributed by atoms with van der Waals surface area (Å²) in [6.45, 7) is -0.473. The molecule has 0 unspecified atom stereocenters. The van der Waals surface area contributed by atoms with Crippen molar-refractivity contribution in [2.75, 3.05) is 6.61 Å². The third-order valence-electron chi connectivity index (χ3n) is 3.62. The SMILES string of the molecule is N#C/C(=C(/O)COC(=O)c1ccc(C#N)cc1)c1nc2ccccc2[nH]1. The maximum atomic E-state index is 12.0. The van der Waals surface area contributed by atoms with Crippen molar-refractivity contribution in [3.63, 3.8) is 0 Å². The lowest BCUT2D eigenvalue weighted by atomic mass is 10.1. The molecule has 0 radical (unpaired) electrons. The number of allylic oxidation sites excluding steroid dienone is 1. The summed E-state index contributed by atoms with van der Waals surface area (Å²) >= 11 is 0. The van der Waals surface area contributed by atoms with Gasteiger partial charge in [-0.15, -0.1) is 0 Å². The smallest absolute Gasteiger partial charge is 0.338 e. The molecule has 126 valence electrons. The van der Waals surface area contributed by atoms with Gasteiger partial charge in [-0.1, -0.05) is 12.1 Å². The van der Waals surface area contributed by atoms with Gasteiger partial charge in [0.2, 0.25) is 0 Å². The van der Waals surface area contributed by atoms with Crippen LogP contribution in [0.5, 0.6) is 0 Å². The number of nitrogens with one attached hydrogen (secondary N) is 1. The molecule has 1 aromatic heterocycles. The average molecular weight is 344 g/mol. The number of rotatable bonds is 4. The summed E-state index contributed by atoms with van der Waals surface area (Å²) in [6.07, 6.45) is 0. The molecule has 0 aliphatic carbocycles. The highest BCUT2D eigenvalue weighted by atomic mass is 16.5. The Balaban J connectivity index is 1.77. The van der Waals surface area contributed by atoms with Gasteiger partial charge in [0.15, 0.2) is 11.6 Å². The second-order valence-electron chi connectivity index (χ2n) is 5.30. The van der Waals surface area contributed by atoms with E-state index in [1.807, 2.05) is 24.3 Å². The van der Waals surface area contributed by atoms with E-state index >= 15 is 0 Å². The van der Waals surface area contributed by atoms with Crippen molar-refractivity contribution in [2.24, 2.45) is 0 Å². The Labute approximate surface area is 148 Å². The number of aromatic nitrogens is 2. The van der Waals surface area contributed by atoms with E-state index in [1.165, 1.54) is 24.3 Å². The molecule has 3 aromatic rings. The predicted molar refractivity (Wildman–Crippen MR) is 92.7 cm³/mol. The van der Waals surface area contributed by atoms with Crippen LogP contribution in [0.4, 0.5) is 0 Å². The van der Waals surface area contributed by atoms with E-state index in [9.17, 15) is 15.2 Å². The Hall–Kier alpha value is -4.10. The molecule has 2 aromatic carbocycles. The van der Waals surface area contributed by atoms with Gasteiger partial charge in [0, 0.05) is 0 Å². The van der Waals surface area contributed by atoms with Crippen molar-refractivity contribution in [1.29, 1.82) is 10.5 Å². The lowest BCUT2D eigenvalue weighted by molar-refractivity contribution is 0.0503. The number of esters is 1. The Morgan fingerprint density at radius 2 is 1.88 bits per heavy atom. The molecule has 0 amide bonds. The van der Waals surface area contributed by atoms with Crippen LogP contribution in [-0.4, -0.2) is 27.7 Å². The Bertz CT molecular complexity index is 1050. The minimum Gasteiger partial charge on any atom is -0.507 e. The summed E-state index contributed by atoms with van der Waals surface area (Å²) in [5.41, 5.74) is 1.92. The fourth-order valence-electron chi connectivity index (χ4n) is 2.30. The zero-order valence-corrected chi connectivity index (χ0v) is 13.4. The number of aliphatic hydroxyl groups excluding tert-OH is 1. The summed E-state index contributed by atoms with van der Waals surface area (Å²) in [5.74, 6) is -0.892. The predicted octanol–water partition coefficient (Wildman–Crippen LogP) is 3.08. The molecule has 1 heterocycles. The van der Waals surface area contributed by atoms with Gasteiger partial charge in [0.25, 0.3) is 0 Å². The summed E-state index contributed by atoms with van der Waals surface area (Å²) < 4.78 is 5.02. The van der Waals surface area contributed by atoms with Gasteiger partial charge in [-0.3, -0.25) is 0 Å². The third kappa shape index (κ3) is 3.37. The quantitative estimate of drug-likeness (QED) is 0.426. The highest BCUT2D eigenvalue weighted by Crippen LogP contribution is 2.19. The van der Waals surface area contributed by atoms with Crippen LogP contribution in [0, 0.1) is 22.7 Å². The van der Waals surface area contributed by atoms with Crippen LogP contribution >= 0.6 is 0 Å². The number of para-hydroxylation sites is 2. The average Bonchev–Trinajstić information content (AvgIpc) is 3.10. The van der Waals surface area contributed by atoms with E-state index in [4.69, 9.17) is 10.00 Å². The number of hydrogen-bond acceptors (Lipinski definition) is 6. The Kier molecular flexibility index (Phi) is 4.64. The Morgan fingerprint density at radius 3 is 2.54 bits per heavy atom. The number of benzene rings is 2. The molecule has 7 heteroatoms. The second kappa shape index (κ2) is 7.20. The minimum atomic E-state index is -0.678.